The summed E-state index contributed by atoms with van der Waals surface area (Å²) in [6.45, 7) is 0. The lowest BCUT2D eigenvalue weighted by molar-refractivity contribution is -0.118. The molecule has 1 aliphatic carbocycles. The van der Waals surface area contributed by atoms with Crippen LogP contribution in [0.25, 0.3) is 0 Å². The summed E-state index contributed by atoms with van der Waals surface area (Å²) >= 11 is 1.40. The number of hydrogen-bond donors (Lipinski definition) is 0. The van der Waals surface area contributed by atoms with Crippen molar-refractivity contribution in [1.82, 2.24) is 0 Å². The number of sulfone groups is 1. The molecule has 2 saturated heterocycles. The van der Waals surface area contributed by atoms with E-state index in [4.69, 9.17) is 4.74 Å². The minimum Gasteiger partial charge on any atom is -0.495 e. The van der Waals surface area contributed by atoms with Gasteiger partial charge in [0.25, 0.3) is 5.91 Å². The minimum atomic E-state index is -3.07. The van der Waals surface area contributed by atoms with Gasteiger partial charge in [-0.1, -0.05) is 23.9 Å². The molecule has 1 amide bonds. The molecule has 1 aromatic carbocycles. The van der Waals surface area contributed by atoms with Gasteiger partial charge in [0, 0.05) is 11.2 Å². The van der Waals surface area contributed by atoms with E-state index in [0.29, 0.717) is 10.9 Å². The molecular weight excluding hydrogens is 348 g/mol. The topological polar surface area (TPSA) is 76.0 Å². The zero-order valence-electron chi connectivity index (χ0n) is 13.2. The molecule has 24 heavy (non-hydrogen) atoms. The Bertz CT molecular complexity index is 817. The van der Waals surface area contributed by atoms with Gasteiger partial charge >= 0.3 is 0 Å². The Morgan fingerprint density at radius 1 is 1.29 bits per heavy atom. The highest BCUT2D eigenvalue weighted by Crippen LogP contribution is 2.44. The van der Waals surface area contributed by atoms with Crippen molar-refractivity contribution in [2.45, 2.75) is 24.1 Å². The lowest BCUT2D eigenvalue weighted by Crippen LogP contribution is -2.38. The number of nitrogens with zero attached hydrogens (tertiary/aromatic N) is 2. The maximum absolute atomic E-state index is 12.2. The third-order valence-electron chi connectivity index (χ3n) is 4.54. The SMILES string of the molecule is COc1ccccc1N1C(=NC(=O)C2CC2)S[C@H]2CS(=O)(=O)C[C@@H]21. The number of para-hydroxylation sites is 2. The molecule has 128 valence electrons. The third kappa shape index (κ3) is 2.82. The molecule has 0 N–H and O–H groups in total. The predicted octanol–water partition coefficient (Wildman–Crippen LogP) is 1.71. The van der Waals surface area contributed by atoms with Crippen molar-refractivity contribution in [2.75, 3.05) is 23.5 Å². The second kappa shape index (κ2) is 5.77. The van der Waals surface area contributed by atoms with E-state index < -0.39 is 9.84 Å². The molecule has 4 rings (SSSR count). The smallest absolute Gasteiger partial charge is 0.251 e. The number of fused-ring (bicyclic) bond motifs is 1. The van der Waals surface area contributed by atoms with Crippen LogP contribution in [-0.4, -0.2) is 49.4 Å². The molecule has 2 heterocycles. The van der Waals surface area contributed by atoms with Crippen molar-refractivity contribution in [2.24, 2.45) is 10.9 Å². The summed E-state index contributed by atoms with van der Waals surface area (Å²) in [5.41, 5.74) is 0.763. The number of benzene rings is 1. The van der Waals surface area contributed by atoms with Gasteiger partial charge in [-0.3, -0.25) is 4.79 Å². The van der Waals surface area contributed by atoms with E-state index >= 15 is 0 Å². The van der Waals surface area contributed by atoms with Gasteiger partial charge in [0.15, 0.2) is 15.0 Å². The number of aliphatic imine (C=N–C) groups is 1. The summed E-state index contributed by atoms with van der Waals surface area (Å²) in [6, 6.07) is 7.24. The van der Waals surface area contributed by atoms with Gasteiger partial charge in [0.05, 0.1) is 30.3 Å². The van der Waals surface area contributed by atoms with Crippen LogP contribution in [0, 0.1) is 5.92 Å². The maximum Gasteiger partial charge on any atom is 0.251 e. The van der Waals surface area contributed by atoms with Gasteiger partial charge in [-0.05, 0) is 25.0 Å². The van der Waals surface area contributed by atoms with Crippen LogP contribution in [-0.2, 0) is 14.6 Å². The molecule has 0 unspecified atom stereocenters. The Hall–Kier alpha value is -1.54. The molecule has 0 spiro atoms. The van der Waals surface area contributed by atoms with E-state index in [2.05, 4.69) is 4.99 Å². The van der Waals surface area contributed by atoms with Crippen molar-refractivity contribution in [1.29, 1.82) is 0 Å². The zero-order chi connectivity index (χ0) is 16.9. The molecule has 0 aromatic heterocycles. The molecule has 6 nitrogen and oxygen atoms in total. The summed E-state index contributed by atoms with van der Waals surface area (Å²) in [6.07, 6.45) is 1.80. The Balaban J connectivity index is 1.76. The number of methoxy groups -OCH3 is 1. The molecular formula is C16H18N2O4S2. The van der Waals surface area contributed by atoms with Crippen molar-refractivity contribution in [3.63, 3.8) is 0 Å². The van der Waals surface area contributed by atoms with Gasteiger partial charge in [-0.15, -0.1) is 0 Å². The molecule has 8 heteroatoms. The second-order valence-electron chi connectivity index (χ2n) is 6.35. The van der Waals surface area contributed by atoms with Gasteiger partial charge in [0.2, 0.25) is 0 Å². The fourth-order valence-electron chi connectivity index (χ4n) is 3.19. The third-order valence-corrected chi connectivity index (χ3v) is 7.75. The highest BCUT2D eigenvalue weighted by Gasteiger charge is 2.50. The van der Waals surface area contributed by atoms with Crippen LogP contribution >= 0.6 is 11.8 Å². The Kier molecular flexibility index (Phi) is 3.84. The monoisotopic (exact) mass is 366 g/mol. The Labute approximate surface area is 145 Å². The molecule has 3 fully saturated rings. The summed E-state index contributed by atoms with van der Waals surface area (Å²) in [4.78, 5) is 18.4. The average molecular weight is 366 g/mol. The van der Waals surface area contributed by atoms with Crippen LogP contribution in [0.3, 0.4) is 0 Å². The van der Waals surface area contributed by atoms with Gasteiger partial charge in [-0.25, -0.2) is 8.42 Å². The summed E-state index contributed by atoms with van der Waals surface area (Å²) < 4.78 is 29.5. The van der Waals surface area contributed by atoms with E-state index in [1.807, 2.05) is 29.2 Å². The van der Waals surface area contributed by atoms with E-state index in [1.165, 1.54) is 11.8 Å². The molecule has 3 aliphatic rings. The number of anilines is 1. The number of thioether (sulfide) groups is 1. The number of ether oxygens (including phenoxy) is 1. The fourth-order valence-corrected chi connectivity index (χ4v) is 7.10. The van der Waals surface area contributed by atoms with E-state index in [9.17, 15) is 13.2 Å². The fraction of sp³-hybridized carbons (Fsp3) is 0.500. The molecule has 2 aliphatic heterocycles. The quantitative estimate of drug-likeness (QED) is 0.811. The molecule has 1 aromatic rings. The van der Waals surface area contributed by atoms with E-state index in [-0.39, 0.29) is 34.6 Å². The van der Waals surface area contributed by atoms with Crippen LogP contribution in [0.1, 0.15) is 12.8 Å². The number of carbonyl (C=O) groups is 1. The molecule has 0 radical (unpaired) electrons. The first kappa shape index (κ1) is 16.0. The number of amides is 1. The van der Waals surface area contributed by atoms with Gasteiger partial charge < -0.3 is 9.64 Å². The van der Waals surface area contributed by atoms with Crippen LogP contribution in [0.2, 0.25) is 0 Å². The second-order valence-corrected chi connectivity index (χ2v) is 9.71. The molecule has 2 atom stereocenters. The van der Waals surface area contributed by atoms with Crippen molar-refractivity contribution in [3.05, 3.63) is 24.3 Å². The largest absolute Gasteiger partial charge is 0.495 e. The summed E-state index contributed by atoms with van der Waals surface area (Å²) in [5, 5.41) is 0.506. The van der Waals surface area contributed by atoms with E-state index in [1.54, 1.807) is 7.11 Å². The summed E-state index contributed by atoms with van der Waals surface area (Å²) in [7, 11) is -1.48. The van der Waals surface area contributed by atoms with Crippen LogP contribution in [0.5, 0.6) is 5.75 Å². The molecule has 0 bridgehead atoms. The van der Waals surface area contributed by atoms with Crippen LogP contribution in [0.4, 0.5) is 5.69 Å². The first-order chi connectivity index (χ1) is 11.5. The van der Waals surface area contributed by atoms with Crippen LogP contribution < -0.4 is 9.64 Å². The zero-order valence-corrected chi connectivity index (χ0v) is 14.8. The number of rotatable bonds is 3. The number of carbonyl (C=O) groups excluding carboxylic acids is 1. The van der Waals surface area contributed by atoms with Crippen molar-refractivity contribution in [3.8, 4) is 5.75 Å². The maximum atomic E-state index is 12.2. The highest BCUT2D eigenvalue weighted by molar-refractivity contribution is 8.16. The predicted molar refractivity (Wildman–Crippen MR) is 94.5 cm³/mol. The van der Waals surface area contributed by atoms with Crippen molar-refractivity contribution >= 4 is 38.4 Å². The van der Waals surface area contributed by atoms with Crippen molar-refractivity contribution < 1.29 is 17.9 Å². The Morgan fingerprint density at radius 2 is 2.04 bits per heavy atom. The number of hydrogen-bond acceptors (Lipinski definition) is 5. The average Bonchev–Trinajstić information content (AvgIpc) is 3.28. The lowest BCUT2D eigenvalue weighted by Gasteiger charge is -2.26. The van der Waals surface area contributed by atoms with Gasteiger partial charge in [0.1, 0.15) is 5.75 Å². The normalized spacial score (nSPS) is 29.7. The van der Waals surface area contributed by atoms with Gasteiger partial charge in [-0.2, -0.15) is 4.99 Å². The first-order valence-electron chi connectivity index (χ1n) is 7.90. The van der Waals surface area contributed by atoms with Crippen LogP contribution in [0.15, 0.2) is 29.3 Å². The standard InChI is InChI=1S/C16H18N2O4S2/c1-22-13-5-3-2-4-11(13)18-12-8-24(20,21)9-14(12)23-16(18)17-15(19)10-6-7-10/h2-5,10,12,14H,6-9H2,1H3/t12-,14-/m0/s1. The minimum absolute atomic E-state index is 0.0433. The Morgan fingerprint density at radius 3 is 2.75 bits per heavy atom. The lowest BCUT2D eigenvalue weighted by atomic mass is 10.2. The highest BCUT2D eigenvalue weighted by atomic mass is 32.2. The van der Waals surface area contributed by atoms with E-state index in [0.717, 1.165) is 18.5 Å². The first-order valence-corrected chi connectivity index (χ1v) is 10.6. The number of amidine groups is 1. The summed E-state index contributed by atoms with van der Waals surface area (Å²) in [5.74, 6) is 0.806. The molecule has 1 saturated carbocycles.